The van der Waals surface area contributed by atoms with Gasteiger partial charge in [-0.25, -0.2) is 4.98 Å². The number of hydrogen-bond donors (Lipinski definition) is 2. The molecule has 5 nitrogen and oxygen atoms in total. The smallest absolute Gasteiger partial charge is 0.253 e. The van der Waals surface area contributed by atoms with Crippen LogP contribution in [0, 0.1) is 6.92 Å². The average molecular weight is 324 g/mol. The molecule has 0 unspecified atom stereocenters. The van der Waals surface area contributed by atoms with Crippen LogP contribution in [0.2, 0.25) is 0 Å². The molecular weight excluding hydrogens is 300 g/mol. The molecule has 1 aliphatic heterocycles. The predicted molar refractivity (Wildman–Crippen MR) is 97.7 cm³/mol. The fourth-order valence-electron chi connectivity index (χ4n) is 2.99. The van der Waals surface area contributed by atoms with Gasteiger partial charge >= 0.3 is 0 Å². The van der Waals surface area contributed by atoms with Crippen LogP contribution < -0.4 is 15.5 Å². The number of carbonyl (C=O) groups excluding carboxylic acids is 1. The van der Waals surface area contributed by atoms with Gasteiger partial charge in [0.15, 0.2) is 0 Å². The summed E-state index contributed by atoms with van der Waals surface area (Å²) in [5.74, 6) is 0.809. The minimum Gasteiger partial charge on any atom is -0.371 e. The van der Waals surface area contributed by atoms with Gasteiger partial charge in [-0.1, -0.05) is 17.7 Å². The second-order valence-electron chi connectivity index (χ2n) is 6.11. The van der Waals surface area contributed by atoms with E-state index in [1.165, 1.54) is 12.8 Å². The van der Waals surface area contributed by atoms with Crippen molar-refractivity contribution in [1.29, 1.82) is 0 Å². The van der Waals surface area contributed by atoms with Gasteiger partial charge in [-0.15, -0.1) is 0 Å². The van der Waals surface area contributed by atoms with E-state index in [1.807, 2.05) is 31.2 Å². The molecule has 0 radical (unpaired) electrons. The van der Waals surface area contributed by atoms with E-state index in [1.54, 1.807) is 6.20 Å². The summed E-state index contributed by atoms with van der Waals surface area (Å²) >= 11 is 0. The number of carbonyl (C=O) groups is 1. The molecule has 1 aliphatic rings. The Bertz CT molecular complexity index is 681. The lowest BCUT2D eigenvalue weighted by Crippen LogP contribution is -2.31. The van der Waals surface area contributed by atoms with Crippen LogP contribution >= 0.6 is 0 Å². The van der Waals surface area contributed by atoms with Gasteiger partial charge in [0.25, 0.3) is 5.91 Å². The topological polar surface area (TPSA) is 57.3 Å². The fourth-order valence-corrected chi connectivity index (χ4v) is 2.99. The van der Waals surface area contributed by atoms with Crippen LogP contribution in [0.15, 0.2) is 42.6 Å². The second kappa shape index (κ2) is 7.81. The first-order valence-corrected chi connectivity index (χ1v) is 8.53. The number of hydrogen-bond acceptors (Lipinski definition) is 4. The summed E-state index contributed by atoms with van der Waals surface area (Å²) in [6.07, 6.45) is 4.14. The van der Waals surface area contributed by atoms with Crippen molar-refractivity contribution in [3.8, 4) is 0 Å². The maximum Gasteiger partial charge on any atom is 0.253 e. The lowest BCUT2D eigenvalue weighted by atomic mass is 10.1. The fraction of sp³-hybridized carbons (Fsp3) is 0.368. The Balaban J connectivity index is 1.59. The molecule has 0 bridgehead atoms. The number of anilines is 2. The largest absolute Gasteiger partial charge is 0.371 e. The Hall–Kier alpha value is -2.56. The van der Waals surface area contributed by atoms with E-state index in [4.69, 9.17) is 0 Å². The summed E-state index contributed by atoms with van der Waals surface area (Å²) in [5.41, 5.74) is 2.93. The quantitative estimate of drug-likeness (QED) is 0.802. The standard InChI is InChI=1S/C19H24N4O/c1-15-7-8-17(23-12-4-5-13-23)16(14-15)19(24)22-11-10-21-18-6-2-3-9-20-18/h2-3,6-9,14H,4-5,10-13H2,1H3,(H,20,21)(H,22,24). The Morgan fingerprint density at radius 1 is 1.17 bits per heavy atom. The van der Waals surface area contributed by atoms with Gasteiger partial charge in [-0.2, -0.15) is 0 Å². The van der Waals surface area contributed by atoms with Crippen molar-refractivity contribution in [3.63, 3.8) is 0 Å². The Morgan fingerprint density at radius 2 is 2.00 bits per heavy atom. The van der Waals surface area contributed by atoms with Gasteiger partial charge in [-0.3, -0.25) is 4.79 Å². The maximum absolute atomic E-state index is 12.6. The molecule has 126 valence electrons. The summed E-state index contributed by atoms with van der Waals surface area (Å²) in [6.45, 7) is 5.29. The third kappa shape index (κ3) is 4.04. The summed E-state index contributed by atoms with van der Waals surface area (Å²) in [4.78, 5) is 19.1. The molecule has 1 aromatic heterocycles. The number of nitrogens with one attached hydrogen (secondary N) is 2. The molecule has 2 N–H and O–H groups in total. The third-order valence-electron chi connectivity index (χ3n) is 4.23. The van der Waals surface area contributed by atoms with Gasteiger partial charge < -0.3 is 15.5 Å². The Kier molecular flexibility index (Phi) is 5.31. The highest BCUT2D eigenvalue weighted by Crippen LogP contribution is 2.25. The van der Waals surface area contributed by atoms with E-state index in [2.05, 4.69) is 32.7 Å². The van der Waals surface area contributed by atoms with Crippen LogP contribution in [-0.4, -0.2) is 37.1 Å². The minimum absolute atomic E-state index is 0.0107. The zero-order valence-corrected chi connectivity index (χ0v) is 14.1. The van der Waals surface area contributed by atoms with E-state index in [0.717, 1.165) is 35.7 Å². The van der Waals surface area contributed by atoms with Crippen molar-refractivity contribution in [1.82, 2.24) is 10.3 Å². The van der Waals surface area contributed by atoms with E-state index >= 15 is 0 Å². The average Bonchev–Trinajstić information content (AvgIpc) is 3.14. The molecule has 1 fully saturated rings. The highest BCUT2D eigenvalue weighted by atomic mass is 16.1. The Morgan fingerprint density at radius 3 is 2.75 bits per heavy atom. The molecule has 2 heterocycles. The number of benzene rings is 1. The zero-order valence-electron chi connectivity index (χ0n) is 14.1. The highest BCUT2D eigenvalue weighted by molar-refractivity contribution is 6.00. The van der Waals surface area contributed by atoms with Crippen LogP contribution in [0.3, 0.4) is 0 Å². The van der Waals surface area contributed by atoms with Crippen LogP contribution in [0.1, 0.15) is 28.8 Å². The van der Waals surface area contributed by atoms with Gasteiger partial charge in [-0.05, 0) is 44.0 Å². The molecule has 1 saturated heterocycles. The van der Waals surface area contributed by atoms with Crippen molar-refractivity contribution >= 4 is 17.4 Å². The first-order chi connectivity index (χ1) is 11.7. The van der Waals surface area contributed by atoms with Gasteiger partial charge in [0.2, 0.25) is 0 Å². The highest BCUT2D eigenvalue weighted by Gasteiger charge is 2.19. The van der Waals surface area contributed by atoms with Crippen LogP contribution in [-0.2, 0) is 0 Å². The number of aryl methyl sites for hydroxylation is 1. The Labute approximate surface area is 143 Å². The van der Waals surface area contributed by atoms with Crippen LogP contribution in [0.25, 0.3) is 0 Å². The first-order valence-electron chi connectivity index (χ1n) is 8.53. The SMILES string of the molecule is Cc1ccc(N2CCCC2)c(C(=O)NCCNc2ccccn2)c1. The van der Waals surface area contributed by atoms with Gasteiger partial charge in [0.05, 0.1) is 5.56 Å². The summed E-state index contributed by atoms with van der Waals surface area (Å²) < 4.78 is 0. The molecular formula is C19H24N4O. The molecule has 2 aromatic rings. The molecule has 0 atom stereocenters. The second-order valence-corrected chi connectivity index (χ2v) is 6.11. The van der Waals surface area contributed by atoms with Crippen molar-refractivity contribution in [2.24, 2.45) is 0 Å². The maximum atomic E-state index is 12.6. The normalized spacial score (nSPS) is 13.8. The molecule has 0 spiro atoms. The lowest BCUT2D eigenvalue weighted by Gasteiger charge is -2.21. The molecule has 5 heteroatoms. The third-order valence-corrected chi connectivity index (χ3v) is 4.23. The molecule has 0 saturated carbocycles. The molecule has 24 heavy (non-hydrogen) atoms. The van der Waals surface area contributed by atoms with E-state index in [0.29, 0.717) is 13.1 Å². The van der Waals surface area contributed by atoms with Crippen molar-refractivity contribution in [2.75, 3.05) is 36.4 Å². The lowest BCUT2D eigenvalue weighted by molar-refractivity contribution is 0.0955. The monoisotopic (exact) mass is 324 g/mol. The molecule has 1 aromatic carbocycles. The minimum atomic E-state index is -0.0107. The molecule has 3 rings (SSSR count). The van der Waals surface area contributed by atoms with Gasteiger partial charge in [0.1, 0.15) is 5.82 Å². The zero-order chi connectivity index (χ0) is 16.8. The van der Waals surface area contributed by atoms with Crippen LogP contribution in [0.5, 0.6) is 0 Å². The van der Waals surface area contributed by atoms with E-state index < -0.39 is 0 Å². The first kappa shape index (κ1) is 16.3. The van der Waals surface area contributed by atoms with Crippen LogP contribution in [0.4, 0.5) is 11.5 Å². The number of aromatic nitrogens is 1. The predicted octanol–water partition coefficient (Wildman–Crippen LogP) is 2.83. The number of nitrogens with zero attached hydrogens (tertiary/aromatic N) is 2. The van der Waals surface area contributed by atoms with Gasteiger partial charge in [0, 0.05) is 38.1 Å². The molecule has 1 amide bonds. The van der Waals surface area contributed by atoms with E-state index in [-0.39, 0.29) is 5.91 Å². The molecule has 0 aliphatic carbocycles. The van der Waals surface area contributed by atoms with E-state index in [9.17, 15) is 4.79 Å². The van der Waals surface area contributed by atoms with Crippen molar-refractivity contribution in [3.05, 3.63) is 53.7 Å². The number of pyridine rings is 1. The summed E-state index contributed by atoms with van der Waals surface area (Å²) in [6, 6.07) is 11.9. The number of amides is 1. The summed E-state index contributed by atoms with van der Waals surface area (Å²) in [7, 11) is 0. The number of rotatable bonds is 6. The van der Waals surface area contributed by atoms with Crippen molar-refractivity contribution in [2.45, 2.75) is 19.8 Å². The van der Waals surface area contributed by atoms with Crippen molar-refractivity contribution < 1.29 is 4.79 Å². The summed E-state index contributed by atoms with van der Waals surface area (Å²) in [5, 5.41) is 6.20.